The first-order chi connectivity index (χ1) is 9.65. The monoisotopic (exact) mass is 296 g/mol. The number of nitrogens with one attached hydrogen (secondary N) is 1. The van der Waals surface area contributed by atoms with Gasteiger partial charge in [0.2, 0.25) is 0 Å². The van der Waals surface area contributed by atoms with Crippen LogP contribution in [0.5, 0.6) is 0 Å². The van der Waals surface area contributed by atoms with E-state index in [0.717, 1.165) is 24.3 Å². The molecule has 0 spiro atoms. The zero-order valence-electron chi connectivity index (χ0n) is 13.7. The maximum absolute atomic E-state index is 4.79. The summed E-state index contributed by atoms with van der Waals surface area (Å²) in [5, 5.41) is 5.75. The van der Waals surface area contributed by atoms with Crippen LogP contribution in [0.4, 0.5) is 0 Å². The Labute approximate surface area is 129 Å². The summed E-state index contributed by atoms with van der Waals surface area (Å²) in [4.78, 5) is 4.79. The summed E-state index contributed by atoms with van der Waals surface area (Å²) >= 11 is 2.01. The maximum Gasteiger partial charge on any atom is 0.157 e. The number of aliphatic imine (C=N–C) groups is 1. The summed E-state index contributed by atoms with van der Waals surface area (Å²) < 4.78 is 0. The minimum Gasteiger partial charge on any atom is -0.362 e. The van der Waals surface area contributed by atoms with Crippen LogP contribution >= 0.6 is 11.8 Å². The van der Waals surface area contributed by atoms with Crippen LogP contribution in [-0.4, -0.2) is 23.0 Å². The third-order valence-electron chi connectivity index (χ3n) is 5.24. The molecule has 0 amide bonds. The van der Waals surface area contributed by atoms with Gasteiger partial charge in [0.15, 0.2) is 5.17 Å². The van der Waals surface area contributed by atoms with Crippen molar-refractivity contribution in [3.63, 3.8) is 0 Å². The number of nitrogens with zero attached hydrogens (tertiary/aromatic N) is 1. The van der Waals surface area contributed by atoms with E-state index < -0.39 is 0 Å². The van der Waals surface area contributed by atoms with E-state index in [1.54, 1.807) is 0 Å². The van der Waals surface area contributed by atoms with Crippen LogP contribution in [0, 0.1) is 17.8 Å². The highest BCUT2D eigenvalue weighted by atomic mass is 32.2. The molecule has 0 bridgehead atoms. The Balaban J connectivity index is 1.87. The van der Waals surface area contributed by atoms with Gasteiger partial charge in [-0.15, -0.1) is 0 Å². The summed E-state index contributed by atoms with van der Waals surface area (Å²) in [6, 6.07) is 0.662. The van der Waals surface area contributed by atoms with Crippen molar-refractivity contribution in [2.24, 2.45) is 22.7 Å². The largest absolute Gasteiger partial charge is 0.362 e. The van der Waals surface area contributed by atoms with Gasteiger partial charge in [0.25, 0.3) is 0 Å². The fourth-order valence-corrected chi connectivity index (χ4v) is 5.21. The second-order valence-corrected chi connectivity index (χ2v) is 8.05. The molecule has 0 radical (unpaired) electrons. The van der Waals surface area contributed by atoms with Crippen molar-refractivity contribution in [2.75, 3.05) is 6.54 Å². The van der Waals surface area contributed by atoms with Gasteiger partial charge in [-0.05, 0) is 30.6 Å². The van der Waals surface area contributed by atoms with E-state index in [0.29, 0.717) is 11.3 Å². The SMILES string of the molecule is CCC(CC)C1CN=C(NC2CCCCC2C(C)C)S1. The first-order valence-electron chi connectivity index (χ1n) is 8.63. The van der Waals surface area contributed by atoms with Crippen molar-refractivity contribution in [3.05, 3.63) is 0 Å². The molecule has 0 aromatic carbocycles. The van der Waals surface area contributed by atoms with Crippen molar-refractivity contribution in [2.45, 2.75) is 77.5 Å². The van der Waals surface area contributed by atoms with Gasteiger partial charge < -0.3 is 5.32 Å². The van der Waals surface area contributed by atoms with Gasteiger partial charge in [0, 0.05) is 11.3 Å². The van der Waals surface area contributed by atoms with Crippen molar-refractivity contribution in [3.8, 4) is 0 Å². The average molecular weight is 297 g/mol. The minimum atomic E-state index is 0.662. The fraction of sp³-hybridized carbons (Fsp3) is 0.941. The van der Waals surface area contributed by atoms with E-state index in [-0.39, 0.29) is 0 Å². The van der Waals surface area contributed by atoms with Crippen LogP contribution in [0.15, 0.2) is 4.99 Å². The lowest BCUT2D eigenvalue weighted by molar-refractivity contribution is 0.225. The Kier molecular flexibility index (Phi) is 6.25. The van der Waals surface area contributed by atoms with Crippen LogP contribution in [0.3, 0.4) is 0 Å². The molecular formula is C17H32N2S. The first kappa shape index (κ1) is 16.2. The zero-order chi connectivity index (χ0) is 14.5. The Morgan fingerprint density at radius 3 is 2.55 bits per heavy atom. The molecule has 1 saturated carbocycles. The second kappa shape index (κ2) is 7.72. The van der Waals surface area contributed by atoms with Crippen LogP contribution in [-0.2, 0) is 0 Å². The normalized spacial score (nSPS) is 30.9. The Bertz CT molecular complexity index is 323. The lowest BCUT2D eigenvalue weighted by atomic mass is 9.78. The van der Waals surface area contributed by atoms with Crippen molar-refractivity contribution in [1.29, 1.82) is 0 Å². The Hall–Kier alpha value is -0.180. The van der Waals surface area contributed by atoms with Crippen molar-refractivity contribution < 1.29 is 0 Å². The zero-order valence-corrected chi connectivity index (χ0v) is 14.5. The fourth-order valence-electron chi connectivity index (χ4n) is 3.83. The second-order valence-electron chi connectivity index (χ2n) is 6.82. The lowest BCUT2D eigenvalue weighted by Crippen LogP contribution is -2.42. The van der Waals surface area contributed by atoms with Gasteiger partial charge >= 0.3 is 0 Å². The predicted octanol–water partition coefficient (Wildman–Crippen LogP) is 4.70. The quantitative estimate of drug-likeness (QED) is 0.795. The van der Waals surface area contributed by atoms with Crippen LogP contribution in [0.1, 0.15) is 66.2 Å². The number of hydrogen-bond acceptors (Lipinski definition) is 3. The smallest absolute Gasteiger partial charge is 0.157 e. The molecule has 2 rings (SSSR count). The summed E-state index contributed by atoms with van der Waals surface area (Å²) in [6.45, 7) is 10.4. The molecule has 0 saturated heterocycles. The van der Waals surface area contributed by atoms with E-state index in [1.165, 1.54) is 43.7 Å². The van der Waals surface area contributed by atoms with Gasteiger partial charge in [0.1, 0.15) is 0 Å². The highest BCUT2D eigenvalue weighted by Crippen LogP contribution is 2.34. The summed E-state index contributed by atoms with van der Waals surface area (Å²) in [6.07, 6.45) is 8.09. The van der Waals surface area contributed by atoms with Crippen molar-refractivity contribution >= 4 is 16.9 Å². The molecule has 3 atom stereocenters. The highest BCUT2D eigenvalue weighted by Gasteiger charge is 2.31. The number of amidine groups is 1. The van der Waals surface area contributed by atoms with Crippen LogP contribution < -0.4 is 5.32 Å². The van der Waals surface area contributed by atoms with Crippen LogP contribution in [0.2, 0.25) is 0 Å². The molecule has 116 valence electrons. The molecule has 1 fully saturated rings. The molecule has 20 heavy (non-hydrogen) atoms. The van der Waals surface area contributed by atoms with Gasteiger partial charge in [0.05, 0.1) is 6.54 Å². The summed E-state index contributed by atoms with van der Waals surface area (Å²) in [5.41, 5.74) is 0. The molecule has 1 heterocycles. The molecular weight excluding hydrogens is 264 g/mol. The molecule has 2 aliphatic rings. The lowest BCUT2D eigenvalue weighted by Gasteiger charge is -2.35. The molecule has 2 nitrogen and oxygen atoms in total. The maximum atomic E-state index is 4.79. The number of rotatable bonds is 5. The Morgan fingerprint density at radius 1 is 1.20 bits per heavy atom. The van der Waals surface area contributed by atoms with Gasteiger partial charge in [-0.1, -0.05) is 65.1 Å². The molecule has 1 aliphatic heterocycles. The van der Waals surface area contributed by atoms with Gasteiger partial charge in [-0.2, -0.15) is 0 Å². The van der Waals surface area contributed by atoms with Crippen molar-refractivity contribution in [1.82, 2.24) is 5.32 Å². The molecule has 0 aromatic rings. The van der Waals surface area contributed by atoms with E-state index in [4.69, 9.17) is 4.99 Å². The van der Waals surface area contributed by atoms with Gasteiger partial charge in [-0.3, -0.25) is 4.99 Å². The van der Waals surface area contributed by atoms with E-state index in [2.05, 4.69) is 33.0 Å². The highest BCUT2D eigenvalue weighted by molar-refractivity contribution is 8.14. The number of hydrogen-bond donors (Lipinski definition) is 1. The number of thioether (sulfide) groups is 1. The standard InChI is InChI=1S/C17H32N2S/c1-5-13(6-2)16-11-18-17(20-16)19-15-10-8-7-9-14(15)12(3)4/h12-16H,5-11H2,1-4H3,(H,18,19). The molecule has 1 aliphatic carbocycles. The predicted molar refractivity (Wildman–Crippen MR) is 91.5 cm³/mol. The average Bonchev–Trinajstić information content (AvgIpc) is 2.89. The Morgan fingerprint density at radius 2 is 1.90 bits per heavy atom. The summed E-state index contributed by atoms with van der Waals surface area (Å²) in [5.74, 6) is 2.45. The molecule has 3 unspecified atom stereocenters. The molecule has 0 aromatic heterocycles. The molecule has 1 N–H and O–H groups in total. The minimum absolute atomic E-state index is 0.662. The van der Waals surface area contributed by atoms with Crippen LogP contribution in [0.25, 0.3) is 0 Å². The third-order valence-corrected chi connectivity index (χ3v) is 6.54. The van der Waals surface area contributed by atoms with E-state index in [9.17, 15) is 0 Å². The molecule has 3 heteroatoms. The topological polar surface area (TPSA) is 24.4 Å². The van der Waals surface area contributed by atoms with Gasteiger partial charge in [-0.25, -0.2) is 0 Å². The van der Waals surface area contributed by atoms with E-state index in [1.807, 2.05) is 11.8 Å². The summed E-state index contributed by atoms with van der Waals surface area (Å²) in [7, 11) is 0. The third kappa shape index (κ3) is 3.93. The first-order valence-corrected chi connectivity index (χ1v) is 9.51. The van der Waals surface area contributed by atoms with E-state index >= 15 is 0 Å².